The molecule has 1 saturated heterocycles. The minimum absolute atomic E-state index is 0.170. The Morgan fingerprint density at radius 2 is 2.29 bits per heavy atom. The highest BCUT2D eigenvalue weighted by molar-refractivity contribution is 9.10. The molecule has 1 fully saturated rings. The number of hydrogen-bond acceptors (Lipinski definition) is 2. The largest absolute Gasteiger partial charge is 0.311 e. The quantitative estimate of drug-likeness (QED) is 0.923. The molecule has 94 valence electrons. The highest BCUT2D eigenvalue weighted by atomic mass is 79.9. The molecule has 1 aromatic carbocycles. The molecule has 0 aromatic heterocycles. The number of nitrogens with zero attached hydrogens (tertiary/aromatic N) is 1. The van der Waals surface area contributed by atoms with Crippen LogP contribution in [-0.2, 0) is 6.54 Å². The summed E-state index contributed by atoms with van der Waals surface area (Å²) in [6, 6.07) is 5.68. The summed E-state index contributed by atoms with van der Waals surface area (Å²) in [7, 11) is 0. The molecule has 1 unspecified atom stereocenters. The van der Waals surface area contributed by atoms with Gasteiger partial charge in [-0.1, -0.05) is 22.9 Å². The highest BCUT2D eigenvalue weighted by Gasteiger charge is 2.17. The molecule has 2 rings (SSSR count). The van der Waals surface area contributed by atoms with E-state index in [0.717, 1.165) is 42.6 Å². The fourth-order valence-corrected chi connectivity index (χ4v) is 2.78. The average Bonchev–Trinajstić information content (AvgIpc) is 2.28. The molecule has 2 nitrogen and oxygen atoms in total. The second kappa shape index (κ2) is 5.94. The SMILES string of the molecule is CCC1CN(Cc2cc(F)cc(Br)c2)CCN1. The van der Waals surface area contributed by atoms with Crippen molar-refractivity contribution in [1.29, 1.82) is 0 Å². The van der Waals surface area contributed by atoms with Gasteiger partial charge in [-0.3, -0.25) is 4.90 Å². The Kier molecular flexibility index (Phi) is 4.54. The van der Waals surface area contributed by atoms with Crippen LogP contribution in [0, 0.1) is 5.82 Å². The number of rotatable bonds is 3. The Morgan fingerprint density at radius 1 is 1.47 bits per heavy atom. The summed E-state index contributed by atoms with van der Waals surface area (Å²) >= 11 is 3.33. The summed E-state index contributed by atoms with van der Waals surface area (Å²) in [5, 5.41) is 3.48. The van der Waals surface area contributed by atoms with Crippen molar-refractivity contribution < 1.29 is 4.39 Å². The summed E-state index contributed by atoms with van der Waals surface area (Å²) < 4.78 is 14.1. The van der Waals surface area contributed by atoms with Gasteiger partial charge in [-0.15, -0.1) is 0 Å². The molecule has 0 bridgehead atoms. The third-order valence-corrected chi connectivity index (χ3v) is 3.62. The molecule has 0 amide bonds. The number of nitrogens with one attached hydrogen (secondary N) is 1. The molecule has 17 heavy (non-hydrogen) atoms. The zero-order chi connectivity index (χ0) is 12.3. The van der Waals surface area contributed by atoms with Gasteiger partial charge in [0, 0.05) is 36.7 Å². The van der Waals surface area contributed by atoms with Gasteiger partial charge in [0.15, 0.2) is 0 Å². The molecule has 1 aliphatic rings. The Bertz CT molecular complexity index is 363. The zero-order valence-corrected chi connectivity index (χ0v) is 11.6. The van der Waals surface area contributed by atoms with E-state index in [0.29, 0.717) is 6.04 Å². The normalized spacial score (nSPS) is 21.7. The maximum absolute atomic E-state index is 13.3. The summed E-state index contributed by atoms with van der Waals surface area (Å²) in [6.45, 7) is 6.12. The fraction of sp³-hybridized carbons (Fsp3) is 0.538. The first-order chi connectivity index (χ1) is 8.17. The molecule has 0 aliphatic carbocycles. The molecule has 0 radical (unpaired) electrons. The summed E-state index contributed by atoms with van der Waals surface area (Å²) in [5.41, 5.74) is 1.04. The highest BCUT2D eigenvalue weighted by Crippen LogP contribution is 2.17. The van der Waals surface area contributed by atoms with E-state index in [2.05, 4.69) is 33.1 Å². The zero-order valence-electron chi connectivity index (χ0n) is 10.0. The first-order valence-corrected chi connectivity index (χ1v) is 6.87. The van der Waals surface area contributed by atoms with Crippen molar-refractivity contribution in [1.82, 2.24) is 10.2 Å². The van der Waals surface area contributed by atoms with Crippen molar-refractivity contribution in [3.05, 3.63) is 34.1 Å². The Morgan fingerprint density at radius 3 is 3.00 bits per heavy atom. The van der Waals surface area contributed by atoms with Gasteiger partial charge in [0.2, 0.25) is 0 Å². The van der Waals surface area contributed by atoms with Gasteiger partial charge < -0.3 is 5.32 Å². The van der Waals surface area contributed by atoms with Gasteiger partial charge in [0.1, 0.15) is 5.82 Å². The van der Waals surface area contributed by atoms with Crippen molar-refractivity contribution in [2.75, 3.05) is 19.6 Å². The van der Waals surface area contributed by atoms with Crippen LogP contribution in [0.2, 0.25) is 0 Å². The molecule has 0 saturated carbocycles. The predicted octanol–water partition coefficient (Wildman–Crippen LogP) is 2.77. The molecular formula is C13H18BrFN2. The van der Waals surface area contributed by atoms with E-state index < -0.39 is 0 Å². The second-order valence-corrected chi connectivity index (χ2v) is 5.49. The summed E-state index contributed by atoms with van der Waals surface area (Å²) in [5.74, 6) is -0.170. The number of benzene rings is 1. The molecule has 1 atom stereocenters. The Hall–Kier alpha value is -0.450. The maximum atomic E-state index is 13.3. The van der Waals surface area contributed by atoms with Gasteiger partial charge in [-0.2, -0.15) is 0 Å². The minimum Gasteiger partial charge on any atom is -0.311 e. The second-order valence-electron chi connectivity index (χ2n) is 4.57. The van der Waals surface area contributed by atoms with E-state index in [9.17, 15) is 4.39 Å². The van der Waals surface area contributed by atoms with E-state index in [-0.39, 0.29) is 5.82 Å². The predicted molar refractivity (Wildman–Crippen MR) is 71.5 cm³/mol. The molecule has 4 heteroatoms. The Labute approximate surface area is 110 Å². The van der Waals surface area contributed by atoms with E-state index in [1.807, 2.05) is 6.07 Å². The van der Waals surface area contributed by atoms with Gasteiger partial charge >= 0.3 is 0 Å². The molecule has 0 spiro atoms. The van der Waals surface area contributed by atoms with Gasteiger partial charge in [-0.05, 0) is 30.2 Å². The van der Waals surface area contributed by atoms with Crippen LogP contribution in [0.25, 0.3) is 0 Å². The van der Waals surface area contributed by atoms with E-state index in [1.54, 1.807) is 6.07 Å². The lowest BCUT2D eigenvalue weighted by molar-refractivity contribution is 0.189. The van der Waals surface area contributed by atoms with Crippen LogP contribution in [0.3, 0.4) is 0 Å². The molecule has 1 aromatic rings. The van der Waals surface area contributed by atoms with Crippen molar-refractivity contribution in [3.63, 3.8) is 0 Å². The molecule has 1 heterocycles. The third-order valence-electron chi connectivity index (χ3n) is 3.16. The fourth-order valence-electron chi connectivity index (χ4n) is 2.27. The number of halogens is 2. The lowest BCUT2D eigenvalue weighted by Gasteiger charge is -2.33. The van der Waals surface area contributed by atoms with E-state index in [4.69, 9.17) is 0 Å². The summed E-state index contributed by atoms with van der Waals surface area (Å²) in [4.78, 5) is 2.38. The van der Waals surface area contributed by atoms with Crippen LogP contribution < -0.4 is 5.32 Å². The van der Waals surface area contributed by atoms with Crippen LogP contribution in [0.1, 0.15) is 18.9 Å². The molecule has 1 N–H and O–H groups in total. The maximum Gasteiger partial charge on any atom is 0.124 e. The topological polar surface area (TPSA) is 15.3 Å². The average molecular weight is 301 g/mol. The van der Waals surface area contributed by atoms with Gasteiger partial charge in [0.05, 0.1) is 0 Å². The van der Waals surface area contributed by atoms with Crippen LogP contribution in [0.15, 0.2) is 22.7 Å². The van der Waals surface area contributed by atoms with Gasteiger partial charge in [-0.25, -0.2) is 4.39 Å². The first-order valence-electron chi connectivity index (χ1n) is 6.08. The van der Waals surface area contributed by atoms with Gasteiger partial charge in [0.25, 0.3) is 0 Å². The smallest absolute Gasteiger partial charge is 0.124 e. The minimum atomic E-state index is -0.170. The molecule has 1 aliphatic heterocycles. The van der Waals surface area contributed by atoms with Crippen LogP contribution in [0.4, 0.5) is 4.39 Å². The van der Waals surface area contributed by atoms with Crippen LogP contribution in [-0.4, -0.2) is 30.6 Å². The summed E-state index contributed by atoms with van der Waals surface area (Å²) in [6.07, 6.45) is 1.14. The number of hydrogen-bond donors (Lipinski definition) is 1. The van der Waals surface area contributed by atoms with Crippen molar-refractivity contribution >= 4 is 15.9 Å². The lowest BCUT2D eigenvalue weighted by atomic mass is 10.1. The van der Waals surface area contributed by atoms with Crippen molar-refractivity contribution in [3.8, 4) is 0 Å². The lowest BCUT2D eigenvalue weighted by Crippen LogP contribution is -2.49. The standard InChI is InChI=1S/C13H18BrFN2/c1-2-13-9-17(4-3-16-13)8-10-5-11(14)7-12(15)6-10/h5-7,13,16H,2-4,8-9H2,1H3. The van der Waals surface area contributed by atoms with E-state index >= 15 is 0 Å². The van der Waals surface area contributed by atoms with Crippen molar-refractivity contribution in [2.24, 2.45) is 0 Å². The van der Waals surface area contributed by atoms with Crippen LogP contribution in [0.5, 0.6) is 0 Å². The first kappa shape index (κ1) is 13.0. The number of piperazine rings is 1. The third kappa shape index (κ3) is 3.76. The van der Waals surface area contributed by atoms with Crippen molar-refractivity contribution in [2.45, 2.75) is 25.9 Å². The molecular weight excluding hydrogens is 283 g/mol. The van der Waals surface area contributed by atoms with Crippen LogP contribution >= 0.6 is 15.9 Å². The Balaban J connectivity index is 2.00. The van der Waals surface area contributed by atoms with E-state index in [1.165, 1.54) is 6.07 Å². The monoisotopic (exact) mass is 300 g/mol.